The van der Waals surface area contributed by atoms with E-state index in [1.807, 2.05) is 37.3 Å². The van der Waals surface area contributed by atoms with Crippen molar-refractivity contribution in [3.63, 3.8) is 0 Å². The Morgan fingerprint density at radius 3 is 2.52 bits per heavy atom. The highest BCUT2D eigenvalue weighted by Crippen LogP contribution is 2.27. The van der Waals surface area contributed by atoms with Crippen LogP contribution in [-0.4, -0.2) is 16.7 Å². The standard InChI is InChI=1S/C27H27N3O3/c1-18(2)15-20-6-8-21(9-7-20)25(31)12-13-26(32)30-24-11-10-23(16-19(24)3)33-27-22(17-28)5-4-14-29-27/h4-11,14,16,18H,12-13,15H2,1-3H3,(H,30,32). The normalized spacial score (nSPS) is 10.5. The van der Waals surface area contributed by atoms with Gasteiger partial charge in [-0.3, -0.25) is 9.59 Å². The van der Waals surface area contributed by atoms with Crippen LogP contribution in [0.2, 0.25) is 0 Å². The molecule has 0 spiro atoms. The third-order valence-electron chi connectivity index (χ3n) is 5.08. The van der Waals surface area contributed by atoms with E-state index in [-0.39, 0.29) is 30.4 Å². The number of aromatic nitrogens is 1. The summed E-state index contributed by atoms with van der Waals surface area (Å²) in [6.45, 7) is 6.16. The van der Waals surface area contributed by atoms with E-state index in [2.05, 4.69) is 24.1 Å². The van der Waals surface area contributed by atoms with Gasteiger partial charge >= 0.3 is 0 Å². The van der Waals surface area contributed by atoms with Gasteiger partial charge in [-0.2, -0.15) is 5.26 Å². The molecule has 0 aliphatic heterocycles. The molecule has 1 N–H and O–H groups in total. The summed E-state index contributed by atoms with van der Waals surface area (Å²) in [6.07, 6.45) is 2.77. The number of amides is 1. The smallest absolute Gasteiger partial charge is 0.237 e. The summed E-state index contributed by atoms with van der Waals surface area (Å²) >= 11 is 0. The molecule has 33 heavy (non-hydrogen) atoms. The van der Waals surface area contributed by atoms with Gasteiger partial charge in [0, 0.05) is 30.3 Å². The number of ether oxygens (including phenoxy) is 1. The monoisotopic (exact) mass is 441 g/mol. The lowest BCUT2D eigenvalue weighted by atomic mass is 9.99. The van der Waals surface area contributed by atoms with E-state index in [1.165, 1.54) is 5.56 Å². The van der Waals surface area contributed by atoms with Crippen LogP contribution >= 0.6 is 0 Å². The molecular formula is C27H27N3O3. The number of rotatable bonds is 9. The van der Waals surface area contributed by atoms with Crippen molar-refractivity contribution in [3.8, 4) is 17.7 Å². The number of nitriles is 1. The van der Waals surface area contributed by atoms with E-state index in [0.29, 0.717) is 28.5 Å². The van der Waals surface area contributed by atoms with Crippen LogP contribution < -0.4 is 10.1 Å². The molecule has 0 saturated carbocycles. The third kappa shape index (κ3) is 6.75. The Bertz CT molecular complexity index is 1180. The van der Waals surface area contributed by atoms with Crippen LogP contribution in [0.3, 0.4) is 0 Å². The molecule has 6 heteroatoms. The molecule has 168 valence electrons. The summed E-state index contributed by atoms with van der Waals surface area (Å²) in [7, 11) is 0. The quantitative estimate of drug-likeness (QED) is 0.420. The van der Waals surface area contributed by atoms with Crippen molar-refractivity contribution in [1.29, 1.82) is 5.26 Å². The molecule has 1 amide bonds. The molecule has 6 nitrogen and oxygen atoms in total. The fraction of sp³-hybridized carbons (Fsp3) is 0.259. The highest BCUT2D eigenvalue weighted by atomic mass is 16.5. The van der Waals surface area contributed by atoms with Crippen LogP contribution in [0, 0.1) is 24.2 Å². The summed E-state index contributed by atoms with van der Waals surface area (Å²) in [4.78, 5) is 28.9. The lowest BCUT2D eigenvalue weighted by Crippen LogP contribution is -2.14. The first kappa shape index (κ1) is 23.7. The zero-order valence-electron chi connectivity index (χ0n) is 19.1. The predicted octanol–water partition coefficient (Wildman–Crippen LogP) is 5.85. The van der Waals surface area contributed by atoms with Gasteiger partial charge in [0.15, 0.2) is 5.78 Å². The predicted molar refractivity (Wildman–Crippen MR) is 127 cm³/mol. The second kappa shape index (κ2) is 11.1. The second-order valence-electron chi connectivity index (χ2n) is 8.31. The first-order valence-corrected chi connectivity index (χ1v) is 10.9. The number of nitrogens with zero attached hydrogens (tertiary/aromatic N) is 2. The van der Waals surface area contributed by atoms with E-state index >= 15 is 0 Å². The summed E-state index contributed by atoms with van der Waals surface area (Å²) in [6, 6.07) is 18.1. The Labute approximate surface area is 194 Å². The van der Waals surface area contributed by atoms with Crippen LogP contribution in [0.15, 0.2) is 60.8 Å². The molecule has 0 aliphatic rings. The highest BCUT2D eigenvalue weighted by molar-refractivity contribution is 6.00. The molecule has 0 bridgehead atoms. The summed E-state index contributed by atoms with van der Waals surface area (Å²) < 4.78 is 5.71. The fourth-order valence-electron chi connectivity index (χ4n) is 3.39. The van der Waals surface area contributed by atoms with Gasteiger partial charge in [0.05, 0.1) is 0 Å². The molecule has 0 fully saturated rings. The lowest BCUT2D eigenvalue weighted by molar-refractivity contribution is -0.116. The van der Waals surface area contributed by atoms with E-state index in [0.717, 1.165) is 12.0 Å². The maximum absolute atomic E-state index is 12.4. The molecular weight excluding hydrogens is 414 g/mol. The number of pyridine rings is 1. The maximum atomic E-state index is 12.4. The van der Waals surface area contributed by atoms with Crippen molar-refractivity contribution >= 4 is 17.4 Å². The molecule has 1 aromatic heterocycles. The minimum absolute atomic E-state index is 0.0506. The summed E-state index contributed by atoms with van der Waals surface area (Å²) in [5.74, 6) is 1.02. The molecule has 0 unspecified atom stereocenters. The van der Waals surface area contributed by atoms with Gasteiger partial charge in [-0.15, -0.1) is 0 Å². The molecule has 2 aromatic carbocycles. The number of hydrogen-bond donors (Lipinski definition) is 1. The van der Waals surface area contributed by atoms with E-state index < -0.39 is 0 Å². The Kier molecular flexibility index (Phi) is 7.93. The SMILES string of the molecule is Cc1cc(Oc2ncccc2C#N)ccc1NC(=O)CCC(=O)c1ccc(CC(C)C)cc1. The molecule has 0 atom stereocenters. The Morgan fingerprint density at radius 1 is 1.09 bits per heavy atom. The maximum Gasteiger partial charge on any atom is 0.237 e. The largest absolute Gasteiger partial charge is 0.438 e. The van der Waals surface area contributed by atoms with Crippen LogP contribution in [-0.2, 0) is 11.2 Å². The van der Waals surface area contributed by atoms with Crippen molar-refractivity contribution in [1.82, 2.24) is 4.98 Å². The van der Waals surface area contributed by atoms with Gasteiger partial charge in [-0.05, 0) is 60.7 Å². The van der Waals surface area contributed by atoms with Gasteiger partial charge in [0.2, 0.25) is 11.8 Å². The van der Waals surface area contributed by atoms with Crippen molar-refractivity contribution < 1.29 is 14.3 Å². The number of Topliss-reactive ketones (excluding diaryl/α,β-unsaturated/α-hetero) is 1. The Morgan fingerprint density at radius 2 is 1.85 bits per heavy atom. The second-order valence-corrected chi connectivity index (χ2v) is 8.31. The summed E-state index contributed by atoms with van der Waals surface area (Å²) in [5, 5.41) is 12.0. The Balaban J connectivity index is 1.55. The number of aryl methyl sites for hydroxylation is 1. The highest BCUT2D eigenvalue weighted by Gasteiger charge is 2.12. The molecule has 0 aliphatic carbocycles. The number of anilines is 1. The van der Waals surface area contributed by atoms with Crippen LogP contribution in [0.25, 0.3) is 0 Å². The third-order valence-corrected chi connectivity index (χ3v) is 5.08. The summed E-state index contributed by atoms with van der Waals surface area (Å²) in [5.41, 5.74) is 3.60. The zero-order valence-corrected chi connectivity index (χ0v) is 19.1. The topological polar surface area (TPSA) is 92.1 Å². The van der Waals surface area contributed by atoms with E-state index in [9.17, 15) is 9.59 Å². The molecule has 3 aromatic rings. The first-order valence-electron chi connectivity index (χ1n) is 10.9. The number of benzene rings is 2. The fourth-order valence-corrected chi connectivity index (χ4v) is 3.39. The van der Waals surface area contributed by atoms with E-state index in [4.69, 9.17) is 10.00 Å². The number of ketones is 1. The molecule has 1 heterocycles. The average molecular weight is 442 g/mol. The molecule has 3 rings (SSSR count). The number of nitrogens with one attached hydrogen (secondary N) is 1. The molecule has 0 radical (unpaired) electrons. The van der Waals surface area contributed by atoms with Gasteiger partial charge in [0.1, 0.15) is 17.4 Å². The number of hydrogen-bond acceptors (Lipinski definition) is 5. The van der Waals surface area contributed by atoms with Gasteiger partial charge in [-0.1, -0.05) is 38.1 Å². The van der Waals surface area contributed by atoms with Crippen LogP contribution in [0.4, 0.5) is 5.69 Å². The van der Waals surface area contributed by atoms with Gasteiger partial charge in [0.25, 0.3) is 0 Å². The number of carbonyl (C=O) groups is 2. The number of carbonyl (C=O) groups excluding carboxylic acids is 2. The van der Waals surface area contributed by atoms with Crippen LogP contribution in [0.5, 0.6) is 11.6 Å². The van der Waals surface area contributed by atoms with Crippen molar-refractivity contribution in [2.45, 2.75) is 40.0 Å². The van der Waals surface area contributed by atoms with Gasteiger partial charge < -0.3 is 10.1 Å². The van der Waals surface area contributed by atoms with E-state index in [1.54, 1.807) is 36.5 Å². The average Bonchev–Trinajstić information content (AvgIpc) is 2.80. The van der Waals surface area contributed by atoms with Crippen molar-refractivity contribution in [2.24, 2.45) is 5.92 Å². The first-order chi connectivity index (χ1) is 15.9. The van der Waals surface area contributed by atoms with Crippen molar-refractivity contribution in [3.05, 3.63) is 83.0 Å². The van der Waals surface area contributed by atoms with Crippen molar-refractivity contribution in [2.75, 3.05) is 5.32 Å². The van der Waals surface area contributed by atoms with Crippen LogP contribution in [0.1, 0.15) is 53.7 Å². The zero-order chi connectivity index (χ0) is 23.8. The Hall–Kier alpha value is -3.98. The minimum Gasteiger partial charge on any atom is -0.438 e. The molecule has 0 saturated heterocycles. The lowest BCUT2D eigenvalue weighted by Gasteiger charge is -2.11. The van der Waals surface area contributed by atoms with Gasteiger partial charge in [-0.25, -0.2) is 4.98 Å². The minimum atomic E-state index is -0.229.